The van der Waals surface area contributed by atoms with E-state index in [9.17, 15) is 0 Å². The minimum Gasteiger partial charge on any atom is -0.339 e. The molecule has 1 aromatic rings. The van der Waals surface area contributed by atoms with Gasteiger partial charge in [0.05, 0.1) is 0 Å². The van der Waals surface area contributed by atoms with Gasteiger partial charge in [-0.2, -0.15) is 4.98 Å². The highest BCUT2D eigenvalue weighted by molar-refractivity contribution is 4.90. The first kappa shape index (κ1) is 10.6. The molecule has 1 aromatic heterocycles. The molecule has 1 heterocycles. The lowest BCUT2D eigenvalue weighted by atomic mass is 10.2. The third kappa shape index (κ3) is 3.30. The first-order valence-electron chi connectivity index (χ1n) is 5.76. The zero-order chi connectivity index (χ0) is 10.7. The molecule has 0 aliphatic heterocycles. The van der Waals surface area contributed by atoms with Gasteiger partial charge in [0.15, 0.2) is 5.82 Å². The van der Waals surface area contributed by atoms with Crippen LogP contribution < -0.4 is 5.32 Å². The molecule has 0 saturated heterocycles. The van der Waals surface area contributed by atoms with Crippen molar-refractivity contribution >= 4 is 0 Å². The highest BCUT2D eigenvalue weighted by Gasteiger charge is 2.21. The van der Waals surface area contributed by atoms with Gasteiger partial charge in [0.25, 0.3) is 0 Å². The normalized spacial score (nSPS) is 18.0. The van der Waals surface area contributed by atoms with Gasteiger partial charge < -0.3 is 9.84 Å². The van der Waals surface area contributed by atoms with Gasteiger partial charge in [-0.1, -0.05) is 18.0 Å². The zero-order valence-electron chi connectivity index (χ0n) is 9.49. The molecule has 1 aliphatic rings. The third-order valence-electron chi connectivity index (χ3n) is 2.96. The molecule has 1 saturated carbocycles. The van der Waals surface area contributed by atoms with Crippen LogP contribution in [0.25, 0.3) is 0 Å². The summed E-state index contributed by atoms with van der Waals surface area (Å²) in [4.78, 5) is 4.38. The summed E-state index contributed by atoms with van der Waals surface area (Å²) in [6.07, 6.45) is 5.77. The number of rotatable bonds is 6. The molecule has 1 N–H and O–H groups in total. The number of nitrogens with zero attached hydrogens (tertiary/aromatic N) is 2. The minimum atomic E-state index is 0.402. The largest absolute Gasteiger partial charge is 0.339 e. The van der Waals surface area contributed by atoms with Crippen molar-refractivity contribution in [2.75, 3.05) is 7.05 Å². The van der Waals surface area contributed by atoms with E-state index < -0.39 is 0 Å². The Bertz CT molecular complexity index is 307. The lowest BCUT2D eigenvalue weighted by molar-refractivity contribution is 0.366. The van der Waals surface area contributed by atoms with E-state index in [1.807, 2.05) is 7.05 Å². The van der Waals surface area contributed by atoms with Gasteiger partial charge in [0, 0.05) is 18.9 Å². The van der Waals surface area contributed by atoms with E-state index in [0.29, 0.717) is 6.04 Å². The Labute approximate surface area is 90.4 Å². The van der Waals surface area contributed by atoms with E-state index in [1.54, 1.807) is 0 Å². The predicted octanol–water partition coefficient (Wildman–Crippen LogP) is 1.56. The maximum absolute atomic E-state index is 5.20. The summed E-state index contributed by atoms with van der Waals surface area (Å²) in [5, 5.41) is 7.14. The van der Waals surface area contributed by atoms with E-state index >= 15 is 0 Å². The van der Waals surface area contributed by atoms with Gasteiger partial charge in [-0.05, 0) is 26.3 Å². The van der Waals surface area contributed by atoms with Crippen LogP contribution in [0.15, 0.2) is 4.52 Å². The van der Waals surface area contributed by atoms with E-state index in [4.69, 9.17) is 4.52 Å². The van der Waals surface area contributed by atoms with Crippen molar-refractivity contribution < 1.29 is 4.52 Å². The van der Waals surface area contributed by atoms with Crippen LogP contribution in [0.5, 0.6) is 0 Å². The molecule has 1 aliphatic carbocycles. The van der Waals surface area contributed by atoms with Gasteiger partial charge in [-0.15, -0.1) is 0 Å². The first-order valence-corrected chi connectivity index (χ1v) is 5.76. The molecule has 0 radical (unpaired) electrons. The van der Waals surface area contributed by atoms with Crippen LogP contribution >= 0.6 is 0 Å². The Morgan fingerprint density at radius 1 is 1.53 bits per heavy atom. The molecule has 0 aromatic carbocycles. The second-order valence-corrected chi connectivity index (χ2v) is 4.48. The van der Waals surface area contributed by atoms with Crippen molar-refractivity contribution in [3.63, 3.8) is 0 Å². The summed E-state index contributed by atoms with van der Waals surface area (Å²) in [5.74, 6) is 2.56. The molecule has 1 unspecified atom stereocenters. The van der Waals surface area contributed by atoms with E-state index in [0.717, 1.165) is 30.5 Å². The summed E-state index contributed by atoms with van der Waals surface area (Å²) in [5.41, 5.74) is 0. The number of hydrogen-bond donors (Lipinski definition) is 1. The molecule has 4 nitrogen and oxygen atoms in total. The van der Waals surface area contributed by atoms with Crippen LogP contribution in [0.1, 0.15) is 37.9 Å². The monoisotopic (exact) mass is 209 g/mol. The van der Waals surface area contributed by atoms with Gasteiger partial charge in [0.1, 0.15) is 0 Å². The lowest BCUT2D eigenvalue weighted by Gasteiger charge is -2.04. The molecule has 2 rings (SSSR count). The lowest BCUT2D eigenvalue weighted by Crippen LogP contribution is -2.24. The number of aromatic nitrogens is 2. The van der Waals surface area contributed by atoms with E-state index in [1.165, 1.54) is 19.3 Å². The maximum Gasteiger partial charge on any atom is 0.226 e. The van der Waals surface area contributed by atoms with Gasteiger partial charge in [0.2, 0.25) is 5.89 Å². The maximum atomic E-state index is 5.20. The predicted molar refractivity (Wildman–Crippen MR) is 57.6 cm³/mol. The molecule has 84 valence electrons. The van der Waals surface area contributed by atoms with Crippen LogP contribution in [-0.4, -0.2) is 23.2 Å². The van der Waals surface area contributed by atoms with Crippen LogP contribution in [0, 0.1) is 5.92 Å². The second-order valence-electron chi connectivity index (χ2n) is 4.48. The Balaban J connectivity index is 1.79. The van der Waals surface area contributed by atoms with Crippen LogP contribution in [0.3, 0.4) is 0 Å². The Morgan fingerprint density at radius 2 is 2.33 bits per heavy atom. The smallest absolute Gasteiger partial charge is 0.226 e. The highest BCUT2D eigenvalue weighted by atomic mass is 16.5. The average molecular weight is 209 g/mol. The van der Waals surface area contributed by atoms with Crippen molar-refractivity contribution in [1.29, 1.82) is 0 Å². The summed E-state index contributed by atoms with van der Waals surface area (Å²) >= 11 is 0. The third-order valence-corrected chi connectivity index (χ3v) is 2.96. The quantitative estimate of drug-likeness (QED) is 0.772. The fourth-order valence-corrected chi connectivity index (χ4v) is 1.58. The van der Waals surface area contributed by atoms with E-state index in [2.05, 4.69) is 22.4 Å². The van der Waals surface area contributed by atoms with Gasteiger partial charge in [-0.3, -0.25) is 0 Å². The molecule has 0 bridgehead atoms. The Hall–Kier alpha value is -0.900. The van der Waals surface area contributed by atoms with Crippen molar-refractivity contribution in [3.05, 3.63) is 11.7 Å². The summed E-state index contributed by atoms with van der Waals surface area (Å²) in [7, 11) is 1.94. The number of aryl methyl sites for hydroxylation is 1. The van der Waals surface area contributed by atoms with Gasteiger partial charge in [-0.25, -0.2) is 0 Å². The van der Waals surface area contributed by atoms with Crippen LogP contribution in [0.4, 0.5) is 0 Å². The standard InChI is InChI=1S/C11H19N3O/c1-8(12-2)7-10-13-11(15-14-10)6-5-9-3-4-9/h8-9,12H,3-7H2,1-2H3. The number of likely N-dealkylation sites (N-methyl/N-ethyl adjacent to an activating group) is 1. The molecule has 15 heavy (non-hydrogen) atoms. The molecule has 1 atom stereocenters. The van der Waals surface area contributed by atoms with E-state index in [-0.39, 0.29) is 0 Å². The average Bonchev–Trinajstić information content (AvgIpc) is 2.97. The number of nitrogens with one attached hydrogen (secondary N) is 1. The van der Waals surface area contributed by atoms with Crippen molar-refractivity contribution in [3.8, 4) is 0 Å². The summed E-state index contributed by atoms with van der Waals surface area (Å²) in [6.45, 7) is 2.11. The molecule has 4 heteroatoms. The molecule has 0 spiro atoms. The zero-order valence-corrected chi connectivity index (χ0v) is 9.49. The van der Waals surface area contributed by atoms with Gasteiger partial charge >= 0.3 is 0 Å². The van der Waals surface area contributed by atoms with Crippen molar-refractivity contribution in [2.24, 2.45) is 5.92 Å². The molecular weight excluding hydrogens is 190 g/mol. The summed E-state index contributed by atoms with van der Waals surface area (Å²) < 4.78 is 5.20. The minimum absolute atomic E-state index is 0.402. The number of hydrogen-bond acceptors (Lipinski definition) is 4. The van der Waals surface area contributed by atoms with Crippen LogP contribution in [-0.2, 0) is 12.8 Å². The SMILES string of the molecule is CNC(C)Cc1noc(CCC2CC2)n1. The van der Waals surface area contributed by atoms with Crippen LogP contribution in [0.2, 0.25) is 0 Å². The fraction of sp³-hybridized carbons (Fsp3) is 0.818. The first-order chi connectivity index (χ1) is 7.28. The second kappa shape index (κ2) is 4.75. The fourth-order valence-electron chi connectivity index (χ4n) is 1.58. The van der Waals surface area contributed by atoms with Crippen molar-refractivity contribution in [2.45, 2.75) is 45.1 Å². The topological polar surface area (TPSA) is 51.0 Å². The Kier molecular flexibility index (Phi) is 3.36. The van der Waals surface area contributed by atoms with Crippen molar-refractivity contribution in [1.82, 2.24) is 15.5 Å². The molecule has 1 fully saturated rings. The molecular formula is C11H19N3O. The molecule has 0 amide bonds. The summed E-state index contributed by atoms with van der Waals surface area (Å²) in [6, 6.07) is 0.402. The highest BCUT2D eigenvalue weighted by Crippen LogP contribution is 2.33. The Morgan fingerprint density at radius 3 is 3.00 bits per heavy atom.